The van der Waals surface area contributed by atoms with Crippen LogP contribution in [0, 0.1) is 0 Å². The third-order valence-electron chi connectivity index (χ3n) is 3.10. The summed E-state index contributed by atoms with van der Waals surface area (Å²) in [5.41, 5.74) is 0.668. The van der Waals surface area contributed by atoms with Crippen molar-refractivity contribution >= 4 is 29.4 Å². The zero-order valence-electron chi connectivity index (χ0n) is 9.20. The van der Waals surface area contributed by atoms with Crippen LogP contribution in [0.15, 0.2) is 30.3 Å². The van der Waals surface area contributed by atoms with E-state index in [9.17, 15) is 9.59 Å². The van der Waals surface area contributed by atoms with Crippen LogP contribution in [-0.2, 0) is 4.79 Å². The summed E-state index contributed by atoms with van der Waals surface area (Å²) < 4.78 is 0. The fraction of sp³-hybridized carbons (Fsp3) is 0.333. The Kier molecular flexibility index (Phi) is 2.55. The van der Waals surface area contributed by atoms with Gasteiger partial charge >= 0.3 is 6.03 Å². The monoisotopic (exact) mass is 248 g/mol. The van der Waals surface area contributed by atoms with Crippen LogP contribution in [-0.4, -0.2) is 34.5 Å². The summed E-state index contributed by atoms with van der Waals surface area (Å²) in [6, 6.07) is 8.70. The summed E-state index contributed by atoms with van der Waals surface area (Å²) in [5, 5.41) is 0. The molecule has 2 aliphatic rings. The average molecular weight is 248 g/mol. The minimum absolute atomic E-state index is 0.0819. The van der Waals surface area contributed by atoms with Gasteiger partial charge in [-0.15, -0.1) is 11.8 Å². The molecular weight excluding hydrogens is 236 g/mol. The predicted molar refractivity (Wildman–Crippen MR) is 66.9 cm³/mol. The lowest BCUT2D eigenvalue weighted by Gasteiger charge is -2.25. The van der Waals surface area contributed by atoms with Crippen LogP contribution in [0.25, 0.3) is 0 Å². The molecule has 88 valence electrons. The standard InChI is InChI=1S/C12H12N2O2S/c15-11-10-6-7-17-8-13(10)12(16)14(11)9-4-2-1-3-5-9/h1-5,10H,6-8H2. The van der Waals surface area contributed by atoms with Gasteiger partial charge in [0.1, 0.15) is 6.04 Å². The number of imide groups is 1. The van der Waals surface area contributed by atoms with Crippen LogP contribution >= 0.6 is 11.8 Å². The lowest BCUT2D eigenvalue weighted by atomic mass is 10.2. The molecule has 0 saturated carbocycles. The number of anilines is 1. The van der Waals surface area contributed by atoms with Gasteiger partial charge in [0, 0.05) is 0 Å². The summed E-state index contributed by atoms with van der Waals surface area (Å²) in [7, 11) is 0. The zero-order chi connectivity index (χ0) is 11.8. The molecule has 0 aromatic heterocycles. The Labute approximate surface area is 104 Å². The minimum atomic E-state index is -0.246. The van der Waals surface area contributed by atoms with Crippen molar-refractivity contribution in [2.45, 2.75) is 12.5 Å². The van der Waals surface area contributed by atoms with Crippen molar-refractivity contribution in [3.8, 4) is 0 Å². The predicted octanol–water partition coefficient (Wildman–Crippen LogP) is 1.92. The molecule has 17 heavy (non-hydrogen) atoms. The number of urea groups is 1. The summed E-state index contributed by atoms with van der Waals surface area (Å²) in [6.07, 6.45) is 0.762. The highest BCUT2D eigenvalue weighted by Crippen LogP contribution is 2.31. The molecule has 1 aromatic carbocycles. The second-order valence-corrected chi connectivity index (χ2v) is 5.18. The molecule has 0 bridgehead atoms. The van der Waals surface area contributed by atoms with E-state index in [-0.39, 0.29) is 18.0 Å². The molecule has 0 spiro atoms. The molecule has 3 amide bonds. The Balaban J connectivity index is 1.96. The molecule has 4 nitrogen and oxygen atoms in total. The Morgan fingerprint density at radius 2 is 1.94 bits per heavy atom. The maximum absolute atomic E-state index is 12.2. The summed E-state index contributed by atoms with van der Waals surface area (Å²) in [5.74, 6) is 1.49. The van der Waals surface area contributed by atoms with Crippen LogP contribution in [0.2, 0.25) is 0 Å². The molecule has 2 fully saturated rings. The largest absolute Gasteiger partial charge is 0.332 e. The van der Waals surface area contributed by atoms with E-state index in [1.54, 1.807) is 28.8 Å². The maximum atomic E-state index is 12.2. The Morgan fingerprint density at radius 3 is 2.65 bits per heavy atom. The third-order valence-corrected chi connectivity index (χ3v) is 4.08. The molecule has 2 aliphatic heterocycles. The Hall–Kier alpha value is -1.49. The van der Waals surface area contributed by atoms with Gasteiger partial charge in [0.25, 0.3) is 5.91 Å². The number of carbonyl (C=O) groups excluding carboxylic acids is 2. The van der Waals surface area contributed by atoms with Crippen molar-refractivity contribution in [2.24, 2.45) is 0 Å². The minimum Gasteiger partial charge on any atom is -0.303 e. The van der Waals surface area contributed by atoms with E-state index in [4.69, 9.17) is 0 Å². The van der Waals surface area contributed by atoms with Gasteiger partial charge in [-0.1, -0.05) is 18.2 Å². The molecule has 0 radical (unpaired) electrons. The molecule has 1 unspecified atom stereocenters. The number of hydrogen-bond donors (Lipinski definition) is 0. The Morgan fingerprint density at radius 1 is 1.18 bits per heavy atom. The number of amides is 3. The van der Waals surface area contributed by atoms with Crippen LogP contribution in [0.3, 0.4) is 0 Å². The third kappa shape index (κ3) is 1.61. The number of fused-ring (bicyclic) bond motifs is 1. The number of para-hydroxylation sites is 1. The number of rotatable bonds is 1. The van der Waals surface area contributed by atoms with Gasteiger partial charge in [-0.2, -0.15) is 0 Å². The van der Waals surface area contributed by atoms with E-state index in [2.05, 4.69) is 0 Å². The maximum Gasteiger partial charge on any atom is 0.332 e. The lowest BCUT2D eigenvalue weighted by molar-refractivity contribution is -0.119. The van der Waals surface area contributed by atoms with Crippen LogP contribution in [0.1, 0.15) is 6.42 Å². The number of hydrogen-bond acceptors (Lipinski definition) is 3. The topological polar surface area (TPSA) is 40.6 Å². The van der Waals surface area contributed by atoms with Gasteiger partial charge in [-0.3, -0.25) is 4.79 Å². The lowest BCUT2D eigenvalue weighted by Crippen LogP contribution is -2.38. The van der Waals surface area contributed by atoms with Gasteiger partial charge in [0.05, 0.1) is 11.6 Å². The molecular formula is C12H12N2O2S. The van der Waals surface area contributed by atoms with Crippen LogP contribution in [0.4, 0.5) is 10.5 Å². The number of benzene rings is 1. The number of carbonyl (C=O) groups is 2. The van der Waals surface area contributed by atoms with E-state index in [0.29, 0.717) is 11.6 Å². The average Bonchev–Trinajstić information content (AvgIpc) is 2.64. The van der Waals surface area contributed by atoms with Crippen molar-refractivity contribution in [2.75, 3.05) is 16.5 Å². The second kappa shape index (κ2) is 4.07. The highest BCUT2D eigenvalue weighted by atomic mass is 32.2. The molecule has 3 rings (SSSR count). The highest BCUT2D eigenvalue weighted by molar-refractivity contribution is 7.99. The molecule has 2 saturated heterocycles. The van der Waals surface area contributed by atoms with Crippen molar-refractivity contribution in [3.05, 3.63) is 30.3 Å². The fourth-order valence-corrected chi connectivity index (χ4v) is 3.24. The first-order chi connectivity index (χ1) is 8.29. The van der Waals surface area contributed by atoms with Gasteiger partial charge in [0.15, 0.2) is 0 Å². The number of nitrogens with zero attached hydrogens (tertiary/aromatic N) is 2. The van der Waals surface area contributed by atoms with E-state index in [0.717, 1.165) is 12.2 Å². The van der Waals surface area contributed by atoms with Crippen LogP contribution < -0.4 is 4.90 Å². The van der Waals surface area contributed by atoms with Crippen molar-refractivity contribution in [3.63, 3.8) is 0 Å². The van der Waals surface area contributed by atoms with E-state index >= 15 is 0 Å². The molecule has 2 heterocycles. The molecule has 0 aliphatic carbocycles. The zero-order valence-corrected chi connectivity index (χ0v) is 10.0. The van der Waals surface area contributed by atoms with Gasteiger partial charge < -0.3 is 4.90 Å². The van der Waals surface area contributed by atoms with Crippen molar-refractivity contribution < 1.29 is 9.59 Å². The first kappa shape index (κ1) is 10.7. The Bertz CT molecular complexity index is 439. The van der Waals surface area contributed by atoms with E-state index in [1.807, 2.05) is 18.2 Å². The van der Waals surface area contributed by atoms with Gasteiger partial charge in [-0.05, 0) is 24.3 Å². The van der Waals surface area contributed by atoms with E-state index in [1.165, 1.54) is 4.90 Å². The van der Waals surface area contributed by atoms with Gasteiger partial charge in [0.2, 0.25) is 0 Å². The van der Waals surface area contributed by atoms with Crippen LogP contribution in [0.5, 0.6) is 0 Å². The quantitative estimate of drug-likeness (QED) is 0.713. The smallest absolute Gasteiger partial charge is 0.303 e. The highest BCUT2D eigenvalue weighted by Gasteiger charge is 2.46. The SMILES string of the molecule is O=C1C2CCSCN2C(=O)N1c1ccccc1. The van der Waals surface area contributed by atoms with E-state index < -0.39 is 0 Å². The van der Waals surface area contributed by atoms with Crippen molar-refractivity contribution in [1.29, 1.82) is 0 Å². The van der Waals surface area contributed by atoms with Gasteiger partial charge in [-0.25, -0.2) is 9.69 Å². The molecule has 0 N–H and O–H groups in total. The summed E-state index contributed by atoms with van der Waals surface area (Å²) in [6.45, 7) is 0. The first-order valence-corrected chi connectivity index (χ1v) is 6.72. The molecule has 5 heteroatoms. The van der Waals surface area contributed by atoms with Crippen molar-refractivity contribution in [1.82, 2.24) is 4.90 Å². The first-order valence-electron chi connectivity index (χ1n) is 5.56. The summed E-state index contributed by atoms with van der Waals surface area (Å²) in [4.78, 5) is 27.3. The molecule has 1 atom stereocenters. The second-order valence-electron chi connectivity index (χ2n) is 4.10. The molecule has 1 aromatic rings. The normalized spacial score (nSPS) is 24.1. The fourth-order valence-electron chi connectivity index (χ4n) is 2.24. The summed E-state index contributed by atoms with van der Waals surface area (Å²) >= 11 is 1.70. The number of thioether (sulfide) groups is 1.